The van der Waals surface area contributed by atoms with Crippen molar-refractivity contribution in [2.75, 3.05) is 13.1 Å². The molecular weight excluding hydrogens is 369 g/mol. The molecule has 0 spiro atoms. The van der Waals surface area contributed by atoms with Crippen molar-refractivity contribution >= 4 is 18.3 Å². The Hall–Kier alpha value is -2.18. The van der Waals surface area contributed by atoms with Gasteiger partial charge in [0.25, 0.3) is 0 Å². The monoisotopic (exact) mass is 391 g/mol. The molecule has 1 amide bonds. The number of ether oxygens (including phenoxy) is 1. The molecule has 4 rings (SSSR count). The molecule has 1 aliphatic carbocycles. The molecule has 2 atom stereocenters. The van der Waals surface area contributed by atoms with E-state index in [0.29, 0.717) is 12.3 Å². The maximum absolute atomic E-state index is 12.8. The first kappa shape index (κ1) is 19.6. The molecule has 7 heteroatoms. The standard InChI is InChI=1S/C20H22FN3O2.ClH/c21-19-7-6-15(10-23-19)26-16-8-14(9-16)24-20(25)18-12-22-11-17(18)13-4-2-1-3-5-13;/h1-7,10,14,16-18,22H,8-9,11-12H2,(H,24,25);1H/t14?,16?,17-,18+;/m1./s1. The number of nitrogens with one attached hydrogen (secondary N) is 2. The third-order valence-corrected chi connectivity index (χ3v) is 5.22. The zero-order chi connectivity index (χ0) is 17.9. The summed E-state index contributed by atoms with van der Waals surface area (Å²) in [5, 5.41) is 6.48. The van der Waals surface area contributed by atoms with Crippen LogP contribution in [0.2, 0.25) is 0 Å². The second-order valence-electron chi connectivity index (χ2n) is 7.02. The highest BCUT2D eigenvalue weighted by molar-refractivity contribution is 5.85. The topological polar surface area (TPSA) is 63.2 Å². The Morgan fingerprint density at radius 2 is 1.93 bits per heavy atom. The number of hydrogen-bond acceptors (Lipinski definition) is 4. The first-order valence-electron chi connectivity index (χ1n) is 9.03. The van der Waals surface area contributed by atoms with Crippen molar-refractivity contribution in [2.45, 2.75) is 30.9 Å². The van der Waals surface area contributed by atoms with Gasteiger partial charge in [0.15, 0.2) is 0 Å². The van der Waals surface area contributed by atoms with Crippen molar-refractivity contribution in [1.82, 2.24) is 15.6 Å². The van der Waals surface area contributed by atoms with Crippen LogP contribution in [0.1, 0.15) is 24.3 Å². The molecular formula is C20H23ClFN3O2. The number of benzene rings is 1. The van der Waals surface area contributed by atoms with Crippen molar-refractivity contribution in [2.24, 2.45) is 5.92 Å². The van der Waals surface area contributed by atoms with E-state index >= 15 is 0 Å². The molecule has 2 fully saturated rings. The van der Waals surface area contributed by atoms with Gasteiger partial charge in [0.2, 0.25) is 11.9 Å². The van der Waals surface area contributed by atoms with Gasteiger partial charge in [0, 0.05) is 37.9 Å². The maximum Gasteiger partial charge on any atom is 0.225 e. The lowest BCUT2D eigenvalue weighted by Gasteiger charge is -2.36. The minimum atomic E-state index is -0.519. The minimum absolute atomic E-state index is 0. The number of nitrogens with zero attached hydrogens (tertiary/aromatic N) is 1. The molecule has 27 heavy (non-hydrogen) atoms. The zero-order valence-electron chi connectivity index (χ0n) is 14.8. The van der Waals surface area contributed by atoms with Crippen LogP contribution in [0.15, 0.2) is 48.7 Å². The average Bonchev–Trinajstić information content (AvgIpc) is 3.12. The maximum atomic E-state index is 12.8. The molecule has 0 unspecified atom stereocenters. The number of amides is 1. The molecule has 1 saturated heterocycles. The van der Waals surface area contributed by atoms with Gasteiger partial charge >= 0.3 is 0 Å². The van der Waals surface area contributed by atoms with Crippen LogP contribution in [0.5, 0.6) is 5.75 Å². The van der Waals surface area contributed by atoms with Gasteiger partial charge in [-0.25, -0.2) is 4.98 Å². The Labute approximate surface area is 164 Å². The van der Waals surface area contributed by atoms with Crippen molar-refractivity contribution in [3.8, 4) is 5.75 Å². The number of carbonyl (C=O) groups is 1. The first-order chi connectivity index (χ1) is 12.7. The van der Waals surface area contributed by atoms with Crippen molar-refractivity contribution in [1.29, 1.82) is 0 Å². The second-order valence-corrected chi connectivity index (χ2v) is 7.02. The quantitative estimate of drug-likeness (QED) is 0.769. The number of halogens is 2. The predicted octanol–water partition coefficient (Wildman–Crippen LogP) is 2.67. The molecule has 2 N–H and O–H groups in total. The summed E-state index contributed by atoms with van der Waals surface area (Å²) >= 11 is 0. The van der Waals surface area contributed by atoms with Crippen molar-refractivity contribution in [3.63, 3.8) is 0 Å². The van der Waals surface area contributed by atoms with Crippen molar-refractivity contribution < 1.29 is 13.9 Å². The Morgan fingerprint density at radius 1 is 1.15 bits per heavy atom. The molecule has 1 aromatic carbocycles. The molecule has 2 aromatic rings. The van der Waals surface area contributed by atoms with Gasteiger partial charge in [0.05, 0.1) is 12.1 Å². The van der Waals surface area contributed by atoms with E-state index in [1.165, 1.54) is 17.8 Å². The van der Waals surface area contributed by atoms with Crippen molar-refractivity contribution in [3.05, 3.63) is 60.2 Å². The summed E-state index contributed by atoms with van der Waals surface area (Å²) in [5.41, 5.74) is 1.20. The van der Waals surface area contributed by atoms with Crippen LogP contribution in [-0.4, -0.2) is 36.1 Å². The van der Waals surface area contributed by atoms with E-state index in [9.17, 15) is 9.18 Å². The van der Waals surface area contributed by atoms with Crippen LogP contribution in [0.3, 0.4) is 0 Å². The van der Waals surface area contributed by atoms with Gasteiger partial charge in [-0.1, -0.05) is 30.3 Å². The Morgan fingerprint density at radius 3 is 2.63 bits per heavy atom. The Balaban J connectivity index is 0.00000210. The normalized spacial score (nSPS) is 26.6. The SMILES string of the molecule is Cl.O=C(NC1CC(Oc2ccc(F)nc2)C1)[C@H]1CNC[C@@H]1c1ccccc1. The lowest BCUT2D eigenvalue weighted by molar-refractivity contribution is -0.126. The number of hydrogen-bond donors (Lipinski definition) is 2. The summed E-state index contributed by atoms with van der Waals surface area (Å²) in [6, 6.07) is 13.2. The van der Waals surface area contributed by atoms with E-state index in [2.05, 4.69) is 27.8 Å². The molecule has 1 aromatic heterocycles. The molecule has 1 saturated carbocycles. The van der Waals surface area contributed by atoms with E-state index in [1.54, 1.807) is 6.07 Å². The summed E-state index contributed by atoms with van der Waals surface area (Å²) in [4.78, 5) is 16.3. The summed E-state index contributed by atoms with van der Waals surface area (Å²) < 4.78 is 18.5. The van der Waals surface area contributed by atoms with Gasteiger partial charge < -0.3 is 15.4 Å². The molecule has 1 aliphatic heterocycles. The fourth-order valence-electron chi connectivity index (χ4n) is 3.72. The van der Waals surface area contributed by atoms with E-state index in [4.69, 9.17) is 4.74 Å². The Bertz CT molecular complexity index is 754. The lowest BCUT2D eigenvalue weighted by Crippen LogP contribution is -2.51. The highest BCUT2D eigenvalue weighted by Gasteiger charge is 2.38. The van der Waals surface area contributed by atoms with Gasteiger partial charge in [-0.2, -0.15) is 4.39 Å². The molecule has 144 valence electrons. The molecule has 0 radical (unpaired) electrons. The summed E-state index contributed by atoms with van der Waals surface area (Å²) in [7, 11) is 0. The zero-order valence-corrected chi connectivity index (χ0v) is 15.6. The fourth-order valence-corrected chi connectivity index (χ4v) is 3.72. The van der Waals surface area contributed by atoms with Crippen LogP contribution < -0.4 is 15.4 Å². The first-order valence-corrected chi connectivity index (χ1v) is 9.03. The number of aromatic nitrogens is 1. The summed E-state index contributed by atoms with van der Waals surface area (Å²) in [5.74, 6) is 0.322. The highest BCUT2D eigenvalue weighted by Crippen LogP contribution is 2.30. The third-order valence-electron chi connectivity index (χ3n) is 5.22. The second kappa shape index (κ2) is 8.67. The van der Waals surface area contributed by atoms with E-state index in [-0.39, 0.29) is 42.3 Å². The van der Waals surface area contributed by atoms with Crippen LogP contribution in [0.4, 0.5) is 4.39 Å². The summed E-state index contributed by atoms with van der Waals surface area (Å²) in [6.45, 7) is 1.54. The van der Waals surface area contributed by atoms with Gasteiger partial charge in [0.1, 0.15) is 11.9 Å². The van der Waals surface area contributed by atoms with E-state index < -0.39 is 5.95 Å². The average molecular weight is 392 g/mol. The van der Waals surface area contributed by atoms with Gasteiger partial charge in [-0.05, 0) is 17.7 Å². The number of carbonyl (C=O) groups excluding carboxylic acids is 1. The predicted molar refractivity (Wildman–Crippen MR) is 103 cm³/mol. The molecule has 2 aliphatic rings. The lowest BCUT2D eigenvalue weighted by atomic mass is 9.85. The Kier molecular flexibility index (Phi) is 6.29. The van der Waals surface area contributed by atoms with E-state index in [1.807, 2.05) is 18.2 Å². The number of rotatable bonds is 5. The molecule has 2 heterocycles. The smallest absolute Gasteiger partial charge is 0.225 e. The molecule has 5 nitrogen and oxygen atoms in total. The van der Waals surface area contributed by atoms with Crippen LogP contribution in [0, 0.1) is 11.9 Å². The third kappa shape index (κ3) is 4.57. The largest absolute Gasteiger partial charge is 0.489 e. The number of pyridine rings is 1. The van der Waals surface area contributed by atoms with Crippen LogP contribution in [0.25, 0.3) is 0 Å². The fraction of sp³-hybridized carbons (Fsp3) is 0.400. The van der Waals surface area contributed by atoms with Crippen LogP contribution in [-0.2, 0) is 4.79 Å². The van der Waals surface area contributed by atoms with Gasteiger partial charge in [-0.3, -0.25) is 4.79 Å². The summed E-state index contributed by atoms with van der Waals surface area (Å²) in [6.07, 6.45) is 2.95. The minimum Gasteiger partial charge on any atom is -0.489 e. The molecule has 0 bridgehead atoms. The van der Waals surface area contributed by atoms with Gasteiger partial charge in [-0.15, -0.1) is 12.4 Å². The highest BCUT2D eigenvalue weighted by atomic mass is 35.5. The van der Waals surface area contributed by atoms with E-state index in [0.717, 1.165) is 19.4 Å². The van der Waals surface area contributed by atoms with Crippen LogP contribution >= 0.6 is 12.4 Å².